The summed E-state index contributed by atoms with van der Waals surface area (Å²) in [5.74, 6) is -0.746. The molecule has 4 rings (SSSR count). The van der Waals surface area contributed by atoms with Crippen molar-refractivity contribution >= 4 is 50.7 Å². The van der Waals surface area contributed by atoms with Gasteiger partial charge in [-0.15, -0.1) is 0 Å². The number of hydrogen-bond acceptors (Lipinski definition) is 4. The molecule has 7 nitrogen and oxygen atoms in total. The Bertz CT molecular complexity index is 1540. The largest absolute Gasteiger partial charge is 0.352 e. The van der Waals surface area contributed by atoms with Crippen LogP contribution in [0.1, 0.15) is 62.1 Å². The molecule has 2 amide bonds. The molecule has 1 fully saturated rings. The van der Waals surface area contributed by atoms with E-state index in [2.05, 4.69) is 5.32 Å². The number of rotatable bonds is 11. The van der Waals surface area contributed by atoms with Crippen LogP contribution in [0.25, 0.3) is 0 Å². The first-order valence-electron chi connectivity index (χ1n) is 14.7. The summed E-state index contributed by atoms with van der Waals surface area (Å²) >= 11 is 12.5. The predicted octanol–water partition coefficient (Wildman–Crippen LogP) is 7.06. The summed E-state index contributed by atoms with van der Waals surface area (Å²) in [4.78, 5) is 29.6. The van der Waals surface area contributed by atoms with E-state index in [1.807, 2.05) is 32.9 Å². The van der Waals surface area contributed by atoms with Crippen LogP contribution >= 0.6 is 23.2 Å². The molecule has 0 radical (unpaired) electrons. The van der Waals surface area contributed by atoms with Crippen LogP contribution < -0.4 is 9.62 Å². The molecule has 1 aliphatic rings. The topological polar surface area (TPSA) is 86.8 Å². The van der Waals surface area contributed by atoms with Crippen molar-refractivity contribution < 1.29 is 18.0 Å². The molecule has 1 atom stereocenters. The number of nitrogens with one attached hydrogen (secondary N) is 1. The number of sulfonamides is 1. The maximum absolute atomic E-state index is 14.3. The van der Waals surface area contributed by atoms with E-state index in [1.165, 1.54) is 17.0 Å². The van der Waals surface area contributed by atoms with Crippen LogP contribution in [0.15, 0.2) is 71.6 Å². The van der Waals surface area contributed by atoms with E-state index in [9.17, 15) is 18.0 Å². The lowest BCUT2D eigenvalue weighted by molar-refractivity contribution is -0.140. The Hall–Kier alpha value is -3.07. The number of carbonyl (C=O) groups is 2. The molecule has 0 aliphatic heterocycles. The summed E-state index contributed by atoms with van der Waals surface area (Å²) in [6.45, 7) is 5.10. The van der Waals surface area contributed by atoms with Crippen LogP contribution in [0, 0.1) is 13.8 Å². The zero-order chi connectivity index (χ0) is 31.1. The van der Waals surface area contributed by atoms with Gasteiger partial charge >= 0.3 is 0 Å². The Morgan fingerprint density at radius 3 is 2.28 bits per heavy atom. The number of benzene rings is 3. The smallest absolute Gasteiger partial charge is 0.264 e. The van der Waals surface area contributed by atoms with Gasteiger partial charge in [0.05, 0.1) is 20.6 Å². The number of nitrogens with zero attached hydrogens (tertiary/aromatic N) is 2. The lowest BCUT2D eigenvalue weighted by atomic mass is 9.95. The quantitative estimate of drug-likeness (QED) is 0.242. The number of hydrogen-bond donors (Lipinski definition) is 1. The highest BCUT2D eigenvalue weighted by atomic mass is 35.5. The molecule has 1 saturated carbocycles. The molecular formula is C33H39Cl2N3O4S. The molecule has 1 unspecified atom stereocenters. The molecule has 1 aliphatic carbocycles. The number of halogens is 2. The van der Waals surface area contributed by atoms with Crippen molar-refractivity contribution in [2.45, 2.75) is 82.8 Å². The van der Waals surface area contributed by atoms with Crippen molar-refractivity contribution in [3.63, 3.8) is 0 Å². The number of amides is 2. The molecule has 3 aromatic carbocycles. The van der Waals surface area contributed by atoms with E-state index in [-0.39, 0.29) is 23.4 Å². The fraction of sp³-hybridized carbons (Fsp3) is 0.394. The standard InChI is InChI=1S/C33H39Cl2N3O4S/c1-4-30(33(40)36-26-11-7-5-8-12-26)37(21-25-17-18-28(34)29(35)20-25)32(39)22-38(31-19-23(2)15-16-24(31)3)43(41,42)27-13-9-6-10-14-27/h6,9-10,13-20,26,30H,4-5,7-8,11-12,21-22H2,1-3H3,(H,36,40). The van der Waals surface area contributed by atoms with Crippen LogP contribution in [0.5, 0.6) is 0 Å². The maximum atomic E-state index is 14.3. The summed E-state index contributed by atoms with van der Waals surface area (Å²) in [7, 11) is -4.14. The van der Waals surface area contributed by atoms with Crippen molar-refractivity contribution in [2.24, 2.45) is 0 Å². The Morgan fingerprint density at radius 2 is 1.63 bits per heavy atom. The normalized spacial score (nSPS) is 14.6. The van der Waals surface area contributed by atoms with Crippen molar-refractivity contribution in [3.8, 4) is 0 Å². The highest BCUT2D eigenvalue weighted by Crippen LogP contribution is 2.29. The lowest BCUT2D eigenvalue weighted by Crippen LogP contribution is -2.54. The first-order chi connectivity index (χ1) is 20.5. The summed E-state index contributed by atoms with van der Waals surface area (Å²) in [6.07, 6.45) is 5.40. The minimum atomic E-state index is -4.14. The molecule has 0 saturated heterocycles. The van der Waals surface area contributed by atoms with Gasteiger partial charge in [0.1, 0.15) is 12.6 Å². The Balaban J connectivity index is 1.74. The van der Waals surface area contributed by atoms with Gasteiger partial charge < -0.3 is 10.2 Å². The van der Waals surface area contributed by atoms with Crippen LogP contribution in [-0.4, -0.2) is 43.8 Å². The average Bonchev–Trinajstić information content (AvgIpc) is 2.99. The van der Waals surface area contributed by atoms with Crippen molar-refractivity contribution in [3.05, 3.63) is 93.5 Å². The van der Waals surface area contributed by atoms with Crippen LogP contribution in [0.3, 0.4) is 0 Å². The second kappa shape index (κ2) is 14.6. The van der Waals surface area contributed by atoms with E-state index in [4.69, 9.17) is 23.2 Å². The van der Waals surface area contributed by atoms with Gasteiger partial charge in [-0.3, -0.25) is 13.9 Å². The Labute approximate surface area is 265 Å². The first-order valence-corrected chi connectivity index (χ1v) is 16.9. The van der Waals surface area contributed by atoms with Crippen LogP contribution in [0.4, 0.5) is 5.69 Å². The number of aryl methyl sites for hydroxylation is 2. The zero-order valence-corrected chi connectivity index (χ0v) is 27.2. The Morgan fingerprint density at radius 1 is 0.930 bits per heavy atom. The third kappa shape index (κ3) is 8.11. The third-order valence-electron chi connectivity index (χ3n) is 7.92. The Kier molecular flexibility index (Phi) is 11.2. The number of anilines is 1. The van der Waals surface area contributed by atoms with E-state index >= 15 is 0 Å². The second-order valence-corrected chi connectivity index (χ2v) is 13.8. The fourth-order valence-corrected chi connectivity index (χ4v) is 7.33. The molecule has 0 spiro atoms. The summed E-state index contributed by atoms with van der Waals surface area (Å²) in [6, 6.07) is 17.9. The summed E-state index contributed by atoms with van der Waals surface area (Å²) in [5, 5.41) is 3.86. The average molecular weight is 645 g/mol. The molecule has 230 valence electrons. The summed E-state index contributed by atoms with van der Waals surface area (Å²) < 4.78 is 29.3. The minimum Gasteiger partial charge on any atom is -0.352 e. The SMILES string of the molecule is CCC(C(=O)NC1CCCCC1)N(Cc1ccc(Cl)c(Cl)c1)C(=O)CN(c1cc(C)ccc1C)S(=O)(=O)c1ccccc1. The molecule has 0 bridgehead atoms. The molecular weight excluding hydrogens is 605 g/mol. The maximum Gasteiger partial charge on any atom is 0.264 e. The molecule has 3 aromatic rings. The highest BCUT2D eigenvalue weighted by molar-refractivity contribution is 7.92. The van der Waals surface area contributed by atoms with E-state index < -0.39 is 28.5 Å². The van der Waals surface area contributed by atoms with E-state index in [1.54, 1.807) is 42.5 Å². The summed E-state index contributed by atoms with van der Waals surface area (Å²) in [5.41, 5.74) is 2.64. The second-order valence-electron chi connectivity index (χ2n) is 11.2. The molecule has 1 N–H and O–H groups in total. The molecule has 0 aromatic heterocycles. The van der Waals surface area contributed by atoms with Gasteiger partial charge in [-0.2, -0.15) is 0 Å². The van der Waals surface area contributed by atoms with Gasteiger partial charge in [0, 0.05) is 12.6 Å². The van der Waals surface area contributed by atoms with Gasteiger partial charge in [0.15, 0.2) is 0 Å². The van der Waals surface area contributed by atoms with E-state index in [0.29, 0.717) is 33.3 Å². The van der Waals surface area contributed by atoms with E-state index in [0.717, 1.165) is 42.0 Å². The van der Waals surface area contributed by atoms with Gasteiger partial charge in [-0.25, -0.2) is 8.42 Å². The molecule has 43 heavy (non-hydrogen) atoms. The van der Waals surface area contributed by atoms with Crippen LogP contribution in [-0.2, 0) is 26.2 Å². The monoisotopic (exact) mass is 643 g/mol. The van der Waals surface area contributed by atoms with Crippen molar-refractivity contribution in [1.82, 2.24) is 10.2 Å². The lowest BCUT2D eigenvalue weighted by Gasteiger charge is -2.35. The van der Waals surface area contributed by atoms with Crippen LogP contribution in [0.2, 0.25) is 10.0 Å². The van der Waals surface area contributed by atoms with Gasteiger partial charge in [0.25, 0.3) is 10.0 Å². The molecule has 10 heteroatoms. The predicted molar refractivity (Wildman–Crippen MR) is 173 cm³/mol. The minimum absolute atomic E-state index is 0.0539. The van der Waals surface area contributed by atoms with Crippen molar-refractivity contribution in [2.75, 3.05) is 10.8 Å². The van der Waals surface area contributed by atoms with Gasteiger partial charge in [0.2, 0.25) is 11.8 Å². The highest BCUT2D eigenvalue weighted by Gasteiger charge is 2.35. The first kappa shape index (κ1) is 32.8. The third-order valence-corrected chi connectivity index (χ3v) is 10.4. The van der Waals surface area contributed by atoms with Crippen molar-refractivity contribution in [1.29, 1.82) is 0 Å². The van der Waals surface area contributed by atoms with Gasteiger partial charge in [-0.05, 0) is 80.1 Å². The number of carbonyl (C=O) groups excluding carboxylic acids is 2. The molecule has 0 heterocycles. The van der Waals surface area contributed by atoms with Gasteiger partial charge in [-0.1, -0.05) is 85.8 Å². The fourth-order valence-electron chi connectivity index (χ4n) is 5.52. The zero-order valence-electron chi connectivity index (χ0n) is 24.9.